The maximum atomic E-state index is 13.1. The molecule has 0 spiro atoms. The van der Waals surface area contributed by atoms with Crippen LogP contribution < -0.4 is 0 Å². The van der Waals surface area contributed by atoms with Crippen LogP contribution in [-0.2, 0) is 42.9 Å². The summed E-state index contributed by atoms with van der Waals surface area (Å²) in [6.45, 7) is 5.65. The fraction of sp³-hybridized carbons (Fsp3) is 0.661. The lowest BCUT2D eigenvalue weighted by Crippen LogP contribution is -2.61. The van der Waals surface area contributed by atoms with E-state index in [0.717, 1.165) is 122 Å². The number of carbonyl (C=O) groups excluding carboxylic acids is 3. The number of hydrogen-bond acceptors (Lipinski definition) is 11. The average molecular weight is 995 g/mol. The van der Waals surface area contributed by atoms with Crippen molar-refractivity contribution in [2.24, 2.45) is 0 Å². The van der Waals surface area contributed by atoms with Gasteiger partial charge in [-0.15, -0.1) is 0 Å². The first-order valence-corrected chi connectivity index (χ1v) is 27.2. The highest BCUT2D eigenvalue weighted by Crippen LogP contribution is 2.26. The molecule has 0 aliphatic carbocycles. The topological polar surface area (TPSA) is 175 Å². The van der Waals surface area contributed by atoms with Gasteiger partial charge in [-0.1, -0.05) is 163 Å². The second-order valence-corrected chi connectivity index (χ2v) is 18.1. The summed E-state index contributed by atoms with van der Waals surface area (Å²) in [5.41, 5.74) is 0. The molecular weight excluding hydrogens is 901 g/mol. The highest BCUT2D eigenvalue weighted by molar-refractivity contribution is 5.74. The second kappa shape index (κ2) is 46.7. The van der Waals surface area contributed by atoms with Gasteiger partial charge in [-0.2, -0.15) is 0 Å². The molecule has 0 bridgehead atoms. The average Bonchev–Trinajstić information content (AvgIpc) is 3.35. The number of ether oxygens (including phenoxy) is 5. The quantitative estimate of drug-likeness (QED) is 0.0228. The van der Waals surface area contributed by atoms with Crippen molar-refractivity contribution in [3.05, 3.63) is 97.2 Å². The zero-order valence-electron chi connectivity index (χ0n) is 43.9. The van der Waals surface area contributed by atoms with E-state index in [9.17, 15) is 34.5 Å². The molecule has 0 aromatic carbocycles. The van der Waals surface area contributed by atoms with Gasteiger partial charge in [0.25, 0.3) is 0 Å². The van der Waals surface area contributed by atoms with E-state index >= 15 is 0 Å². The molecule has 6 unspecified atom stereocenters. The predicted molar refractivity (Wildman–Crippen MR) is 284 cm³/mol. The SMILES string of the molecule is CC/C=C\C/C=C\C/C=C\CCCCCC(=O)OCC(COC1OC(C(=O)O)C(O)C(O)C1OC(=O)CCCCCCC/C=C\C/C=C\CCCCC)OC(=O)CCCCC/C=C\C/C=C\C/C=C\CC. The van der Waals surface area contributed by atoms with Crippen molar-refractivity contribution >= 4 is 23.9 Å². The van der Waals surface area contributed by atoms with Crippen LogP contribution in [0.25, 0.3) is 0 Å². The second-order valence-electron chi connectivity index (χ2n) is 18.1. The number of hydrogen-bond donors (Lipinski definition) is 3. The molecule has 1 aliphatic rings. The number of carbonyl (C=O) groups is 4. The van der Waals surface area contributed by atoms with Gasteiger partial charge in [0, 0.05) is 19.3 Å². The molecule has 71 heavy (non-hydrogen) atoms. The molecule has 3 N–H and O–H groups in total. The Kier molecular flexibility index (Phi) is 42.5. The summed E-state index contributed by atoms with van der Waals surface area (Å²) in [6.07, 6.45) is 48.2. The molecule has 0 aromatic heterocycles. The van der Waals surface area contributed by atoms with Crippen LogP contribution in [0, 0.1) is 0 Å². The molecule has 1 saturated heterocycles. The van der Waals surface area contributed by atoms with Crippen molar-refractivity contribution in [3.8, 4) is 0 Å². The Morgan fingerprint density at radius 3 is 1.37 bits per heavy atom. The van der Waals surface area contributed by atoms with Gasteiger partial charge >= 0.3 is 23.9 Å². The minimum Gasteiger partial charge on any atom is -0.479 e. The highest BCUT2D eigenvalue weighted by Gasteiger charge is 2.50. The number of rotatable bonds is 44. The number of allylic oxidation sites excluding steroid dienone is 16. The van der Waals surface area contributed by atoms with Crippen LogP contribution in [-0.4, -0.2) is 89.2 Å². The normalized spacial score (nSPS) is 19.3. The van der Waals surface area contributed by atoms with Crippen molar-refractivity contribution in [2.75, 3.05) is 13.2 Å². The van der Waals surface area contributed by atoms with E-state index in [4.69, 9.17) is 23.7 Å². The molecule has 1 rings (SSSR count). The van der Waals surface area contributed by atoms with Crippen LogP contribution >= 0.6 is 0 Å². The summed E-state index contributed by atoms with van der Waals surface area (Å²) in [6, 6.07) is 0. The molecule has 0 amide bonds. The molecule has 0 aromatic rings. The minimum absolute atomic E-state index is 0.0334. The number of carboxylic acids is 1. The molecule has 0 radical (unpaired) electrons. The molecule has 12 heteroatoms. The monoisotopic (exact) mass is 995 g/mol. The zero-order valence-corrected chi connectivity index (χ0v) is 43.9. The molecular formula is C59H94O12. The minimum atomic E-state index is -1.92. The summed E-state index contributed by atoms with van der Waals surface area (Å²) in [4.78, 5) is 50.9. The summed E-state index contributed by atoms with van der Waals surface area (Å²) in [7, 11) is 0. The Balaban J connectivity index is 2.77. The molecule has 0 saturated carbocycles. The highest BCUT2D eigenvalue weighted by atomic mass is 16.7. The molecule has 1 fully saturated rings. The lowest BCUT2D eigenvalue weighted by Gasteiger charge is -2.40. The first-order valence-electron chi connectivity index (χ1n) is 27.2. The van der Waals surface area contributed by atoms with Crippen molar-refractivity contribution < 1.29 is 58.2 Å². The van der Waals surface area contributed by atoms with E-state index in [-0.39, 0.29) is 25.9 Å². The number of aliphatic carboxylic acids is 1. The van der Waals surface area contributed by atoms with Gasteiger partial charge in [-0.05, 0) is 116 Å². The largest absolute Gasteiger partial charge is 0.479 e. The number of aliphatic hydroxyl groups is 2. The van der Waals surface area contributed by atoms with Gasteiger partial charge in [0.15, 0.2) is 24.6 Å². The molecule has 1 aliphatic heterocycles. The maximum absolute atomic E-state index is 13.1. The smallest absolute Gasteiger partial charge is 0.335 e. The van der Waals surface area contributed by atoms with Gasteiger partial charge in [-0.3, -0.25) is 14.4 Å². The van der Waals surface area contributed by atoms with Crippen LogP contribution in [0.3, 0.4) is 0 Å². The lowest BCUT2D eigenvalue weighted by atomic mass is 9.98. The van der Waals surface area contributed by atoms with Crippen molar-refractivity contribution in [1.29, 1.82) is 0 Å². The Morgan fingerprint density at radius 2 is 0.887 bits per heavy atom. The van der Waals surface area contributed by atoms with Gasteiger partial charge in [-0.25, -0.2) is 4.79 Å². The fourth-order valence-electron chi connectivity index (χ4n) is 7.48. The Bertz CT molecular complexity index is 1610. The van der Waals surface area contributed by atoms with E-state index in [2.05, 4.69) is 118 Å². The summed E-state index contributed by atoms with van der Waals surface area (Å²) in [5, 5.41) is 31.4. The summed E-state index contributed by atoms with van der Waals surface area (Å²) >= 11 is 0. The molecule has 402 valence electrons. The number of aliphatic hydroxyl groups excluding tert-OH is 2. The standard InChI is InChI=1S/C59H94O12/c1-4-7-10-13-16-19-22-25-26-29-32-35-38-41-44-47-53(62)70-57-55(64)54(63)56(58(65)66)71-59(57)68-49-50(69-52(61)46-43-40-37-34-31-28-24-21-18-15-12-9-6-3)48-67-51(60)45-42-39-36-33-30-27-23-20-17-14-11-8-5-2/h8-9,11-12,16-21,25-28,30-31,50,54-57,59,63-64H,4-7,10,13-15,22-24,29,32-49H2,1-3H3,(H,65,66)/b11-8-,12-9-,19-16-,20-17-,21-18-,26-25-,30-27-,31-28-. The van der Waals surface area contributed by atoms with Crippen LogP contribution in [0.4, 0.5) is 0 Å². The molecule has 12 nitrogen and oxygen atoms in total. The van der Waals surface area contributed by atoms with Gasteiger partial charge in [0.1, 0.15) is 18.8 Å². The van der Waals surface area contributed by atoms with E-state index in [1.54, 1.807) is 0 Å². The van der Waals surface area contributed by atoms with E-state index < -0.39 is 67.3 Å². The van der Waals surface area contributed by atoms with Crippen LogP contribution in [0.15, 0.2) is 97.2 Å². The van der Waals surface area contributed by atoms with Crippen LogP contribution in [0.5, 0.6) is 0 Å². The van der Waals surface area contributed by atoms with Crippen LogP contribution in [0.1, 0.15) is 201 Å². The van der Waals surface area contributed by atoms with Crippen molar-refractivity contribution in [1.82, 2.24) is 0 Å². The zero-order chi connectivity index (χ0) is 51.8. The maximum Gasteiger partial charge on any atom is 0.335 e. The molecule has 6 atom stereocenters. The Morgan fingerprint density at radius 1 is 0.479 bits per heavy atom. The number of unbranched alkanes of at least 4 members (excludes halogenated alkanes) is 14. The first-order chi connectivity index (χ1) is 34.6. The third kappa shape index (κ3) is 37.1. The number of carboxylic acid groups (broad SMARTS) is 1. The lowest BCUT2D eigenvalue weighted by molar-refractivity contribution is -0.301. The van der Waals surface area contributed by atoms with Gasteiger partial charge in [0.2, 0.25) is 0 Å². The van der Waals surface area contributed by atoms with E-state index in [0.29, 0.717) is 19.3 Å². The predicted octanol–water partition coefficient (Wildman–Crippen LogP) is 13.3. The number of esters is 3. The third-order valence-corrected chi connectivity index (χ3v) is 11.6. The first kappa shape index (κ1) is 64.7. The van der Waals surface area contributed by atoms with Crippen LogP contribution in [0.2, 0.25) is 0 Å². The molecule has 1 heterocycles. The van der Waals surface area contributed by atoms with E-state index in [1.165, 1.54) is 19.3 Å². The van der Waals surface area contributed by atoms with Gasteiger partial charge < -0.3 is 39.0 Å². The van der Waals surface area contributed by atoms with Crippen molar-refractivity contribution in [2.45, 2.75) is 237 Å². The third-order valence-electron chi connectivity index (χ3n) is 11.6. The Labute approximate surface area is 428 Å². The fourth-order valence-corrected chi connectivity index (χ4v) is 7.48. The van der Waals surface area contributed by atoms with Crippen molar-refractivity contribution in [3.63, 3.8) is 0 Å². The Hall–Kier alpha value is -4.36. The van der Waals surface area contributed by atoms with E-state index in [1.807, 2.05) is 0 Å². The summed E-state index contributed by atoms with van der Waals surface area (Å²) < 4.78 is 28.3. The van der Waals surface area contributed by atoms with Gasteiger partial charge in [0.05, 0.1) is 6.61 Å². The summed E-state index contributed by atoms with van der Waals surface area (Å²) in [5.74, 6) is -3.23.